The number of fused-ring (bicyclic) bond motifs is 1. The number of aromatic nitrogens is 8. The maximum atomic E-state index is 13.9. The number of anilines is 3. The first-order chi connectivity index (χ1) is 31.2. The molecule has 6 aromatic rings. The second kappa shape index (κ2) is 19.6. The fourth-order valence-electron chi connectivity index (χ4n) is 8.26. The number of nitrogens with zero attached hydrogens (tertiary/aromatic N) is 9. The normalized spacial score (nSPS) is 13.4. The van der Waals surface area contributed by atoms with Crippen LogP contribution in [0.5, 0.6) is 5.75 Å². The molecular weight excluding hydrogens is 837 g/mol. The molecule has 7 N–H and O–H groups in total. The van der Waals surface area contributed by atoms with Crippen LogP contribution in [0.2, 0.25) is 0 Å². The molecule has 344 valence electrons. The Morgan fingerprint density at radius 3 is 1.95 bits per heavy atom. The van der Waals surface area contributed by atoms with Crippen LogP contribution in [0.3, 0.4) is 0 Å². The molecule has 0 saturated carbocycles. The zero-order valence-corrected chi connectivity index (χ0v) is 37.6. The molecule has 1 aliphatic heterocycles. The monoisotopic (exact) mass is 892 g/mol. The summed E-state index contributed by atoms with van der Waals surface area (Å²) in [6.45, 7) is 12.4. The lowest BCUT2D eigenvalue weighted by Gasteiger charge is -2.36. The van der Waals surface area contributed by atoms with Crippen molar-refractivity contribution in [1.82, 2.24) is 44.0 Å². The van der Waals surface area contributed by atoms with Gasteiger partial charge in [-0.05, 0) is 83.4 Å². The standard InChI is InChI=1S/C44H56N14O7/c1-7-36(59)47-13-11-16-65-35-23-28(40(46)61)21-31-38(35)55(43(48-31)50-41(62)33-18-25(4)52-56(33)8-2)14-10-12-29-24-54(15-17-64-6)32-22-27(39(45)60)20-30-37(32)58(29)44(49-30)51-42(63)34-19-26(5)53-57(34)9-3/h18-23,29H,7-17,24H2,1-6H3,(H2,45,60)(H2,46,61)(H,47,59)(H,48,50,62)(H,49,51,63)/t29-/m0/s1. The number of hydrogen-bond acceptors (Lipinski definition) is 12. The average molecular weight is 893 g/mol. The van der Waals surface area contributed by atoms with Crippen molar-refractivity contribution in [2.75, 3.05) is 55.5 Å². The highest BCUT2D eigenvalue weighted by molar-refractivity contribution is 6.06. The molecule has 0 saturated heterocycles. The van der Waals surface area contributed by atoms with Gasteiger partial charge in [-0.25, -0.2) is 9.97 Å². The molecule has 5 amide bonds. The molecule has 1 atom stereocenters. The molecule has 21 nitrogen and oxygen atoms in total. The highest BCUT2D eigenvalue weighted by Crippen LogP contribution is 2.41. The Balaban J connectivity index is 1.28. The first kappa shape index (κ1) is 45.7. The lowest BCUT2D eigenvalue weighted by Crippen LogP contribution is -2.38. The van der Waals surface area contributed by atoms with E-state index < -0.39 is 23.6 Å². The van der Waals surface area contributed by atoms with Crippen LogP contribution >= 0.6 is 0 Å². The van der Waals surface area contributed by atoms with E-state index in [1.165, 1.54) is 0 Å². The number of nitrogens with two attached hydrogens (primary N) is 2. The van der Waals surface area contributed by atoms with Gasteiger partial charge in [-0.1, -0.05) is 6.92 Å². The number of carbonyl (C=O) groups excluding carboxylic acids is 5. The SMILES string of the molecule is CCC(=O)NCCCOc1cc(C(N)=O)cc2nc(NC(=O)c3cc(C)nn3CC)n(CCC[C@H]3CN(CCOC)c4cc(C(N)=O)cc5nc(NC(=O)c6cc(C)nn6CC)n3c45)c12. The zero-order valence-electron chi connectivity index (χ0n) is 37.6. The molecule has 0 spiro atoms. The van der Waals surface area contributed by atoms with Crippen molar-refractivity contribution in [2.45, 2.75) is 86.0 Å². The van der Waals surface area contributed by atoms with Gasteiger partial charge in [-0.3, -0.25) is 44.0 Å². The summed E-state index contributed by atoms with van der Waals surface area (Å²) in [5, 5.41) is 17.8. The van der Waals surface area contributed by atoms with Crippen LogP contribution in [-0.2, 0) is 29.2 Å². The molecule has 0 unspecified atom stereocenters. The van der Waals surface area contributed by atoms with Crippen LogP contribution < -0.4 is 37.1 Å². The highest BCUT2D eigenvalue weighted by Gasteiger charge is 2.32. The van der Waals surface area contributed by atoms with E-state index in [2.05, 4.69) is 31.0 Å². The number of methoxy groups -OCH3 is 1. The van der Waals surface area contributed by atoms with Crippen LogP contribution in [0.1, 0.15) is 106 Å². The van der Waals surface area contributed by atoms with Crippen LogP contribution in [0.25, 0.3) is 22.1 Å². The van der Waals surface area contributed by atoms with Crippen molar-refractivity contribution >= 4 is 69.2 Å². The predicted molar refractivity (Wildman–Crippen MR) is 243 cm³/mol. The molecular formula is C44H56N14O7. The largest absolute Gasteiger partial charge is 0.491 e. The first-order valence-corrected chi connectivity index (χ1v) is 21.8. The zero-order chi connectivity index (χ0) is 46.5. The Kier molecular flexibility index (Phi) is 13.8. The quantitative estimate of drug-likeness (QED) is 0.0644. The van der Waals surface area contributed by atoms with Gasteiger partial charge in [0.05, 0.1) is 52.9 Å². The smallest absolute Gasteiger partial charge is 0.276 e. The molecule has 65 heavy (non-hydrogen) atoms. The minimum absolute atomic E-state index is 0.0789. The number of carbonyl (C=O) groups is 5. The highest BCUT2D eigenvalue weighted by atomic mass is 16.5. The maximum Gasteiger partial charge on any atom is 0.276 e. The number of hydrogen-bond donors (Lipinski definition) is 5. The summed E-state index contributed by atoms with van der Waals surface area (Å²) in [5.74, 6) is -1.37. The van der Waals surface area contributed by atoms with Crippen molar-refractivity contribution in [1.29, 1.82) is 0 Å². The van der Waals surface area contributed by atoms with Crippen molar-refractivity contribution < 1.29 is 33.4 Å². The number of aryl methyl sites for hydroxylation is 5. The van der Waals surface area contributed by atoms with Crippen molar-refractivity contribution in [3.63, 3.8) is 0 Å². The number of benzene rings is 2. The number of primary amides is 2. The van der Waals surface area contributed by atoms with E-state index in [4.69, 9.17) is 30.9 Å². The van der Waals surface area contributed by atoms with Gasteiger partial charge in [0.2, 0.25) is 29.6 Å². The van der Waals surface area contributed by atoms with E-state index in [0.717, 1.165) is 5.69 Å². The van der Waals surface area contributed by atoms with E-state index in [1.54, 1.807) is 59.8 Å². The third-order valence-corrected chi connectivity index (χ3v) is 11.3. The van der Waals surface area contributed by atoms with Gasteiger partial charge in [0, 0.05) is 63.9 Å². The molecule has 4 aromatic heterocycles. The number of imidazole rings is 2. The van der Waals surface area contributed by atoms with E-state index >= 15 is 0 Å². The molecule has 2 aromatic carbocycles. The van der Waals surface area contributed by atoms with Crippen LogP contribution in [0, 0.1) is 13.8 Å². The van der Waals surface area contributed by atoms with Crippen LogP contribution in [0.4, 0.5) is 17.6 Å². The lowest BCUT2D eigenvalue weighted by atomic mass is 10.0. The lowest BCUT2D eigenvalue weighted by molar-refractivity contribution is -0.120. The van der Waals surface area contributed by atoms with Crippen LogP contribution in [0.15, 0.2) is 36.4 Å². The topological polar surface area (TPSA) is 266 Å². The predicted octanol–water partition coefficient (Wildman–Crippen LogP) is 3.92. The van der Waals surface area contributed by atoms with E-state index in [9.17, 15) is 24.0 Å². The number of amides is 5. The van der Waals surface area contributed by atoms with Gasteiger partial charge in [-0.15, -0.1) is 0 Å². The van der Waals surface area contributed by atoms with Gasteiger partial charge in [0.25, 0.3) is 11.8 Å². The molecule has 5 heterocycles. The summed E-state index contributed by atoms with van der Waals surface area (Å²) in [4.78, 5) is 76.7. The van der Waals surface area contributed by atoms with Gasteiger partial charge in [0.15, 0.2) is 0 Å². The van der Waals surface area contributed by atoms with Gasteiger partial charge >= 0.3 is 0 Å². The minimum atomic E-state index is -0.684. The third-order valence-electron chi connectivity index (χ3n) is 11.3. The summed E-state index contributed by atoms with van der Waals surface area (Å²) in [6.07, 6.45) is 1.87. The summed E-state index contributed by atoms with van der Waals surface area (Å²) in [7, 11) is 1.62. The Bertz CT molecular complexity index is 2780. The molecule has 21 heteroatoms. The Morgan fingerprint density at radius 1 is 0.754 bits per heavy atom. The van der Waals surface area contributed by atoms with E-state index in [0.29, 0.717) is 128 Å². The van der Waals surface area contributed by atoms with Gasteiger partial charge in [0.1, 0.15) is 22.7 Å². The second-order valence-corrected chi connectivity index (χ2v) is 15.8. The summed E-state index contributed by atoms with van der Waals surface area (Å²) >= 11 is 0. The number of ether oxygens (including phenoxy) is 2. The van der Waals surface area contributed by atoms with Gasteiger partial charge < -0.3 is 40.3 Å². The Labute approximate surface area is 374 Å². The Morgan fingerprint density at radius 2 is 1.35 bits per heavy atom. The molecule has 0 radical (unpaired) electrons. The van der Waals surface area contributed by atoms with Gasteiger partial charge in [-0.2, -0.15) is 10.2 Å². The van der Waals surface area contributed by atoms with Crippen LogP contribution in [-0.4, -0.2) is 108 Å². The summed E-state index contributed by atoms with van der Waals surface area (Å²) in [6, 6.07) is 9.64. The summed E-state index contributed by atoms with van der Waals surface area (Å²) < 4.78 is 18.9. The molecule has 7 rings (SSSR count). The average Bonchev–Trinajstić information content (AvgIpc) is 4.05. The number of rotatable bonds is 21. The number of nitrogens with one attached hydrogen (secondary N) is 3. The molecule has 1 aliphatic rings. The van der Waals surface area contributed by atoms with Crippen molar-refractivity contribution in [3.8, 4) is 5.75 Å². The molecule has 0 bridgehead atoms. The fraction of sp³-hybridized carbons (Fsp3) is 0.432. The molecule has 0 aliphatic carbocycles. The van der Waals surface area contributed by atoms with E-state index in [1.807, 2.05) is 36.8 Å². The van der Waals surface area contributed by atoms with Crippen molar-refractivity contribution in [2.24, 2.45) is 11.5 Å². The fourth-order valence-corrected chi connectivity index (χ4v) is 8.26. The summed E-state index contributed by atoms with van der Waals surface area (Å²) in [5.41, 5.74) is 16.9. The van der Waals surface area contributed by atoms with Crippen molar-refractivity contribution in [3.05, 3.63) is 70.3 Å². The minimum Gasteiger partial charge on any atom is -0.491 e. The maximum absolute atomic E-state index is 13.9. The van der Waals surface area contributed by atoms with E-state index in [-0.39, 0.29) is 35.6 Å². The Hall–Kier alpha value is -7.29. The molecule has 0 fully saturated rings. The first-order valence-electron chi connectivity index (χ1n) is 21.8. The second-order valence-electron chi connectivity index (χ2n) is 15.8. The third kappa shape index (κ3) is 9.64.